The maximum Gasteiger partial charge on any atom is 0.472 e. The molecule has 0 aliphatic heterocycles. The molecule has 0 aliphatic rings. The van der Waals surface area contributed by atoms with E-state index in [9.17, 15) is 19.4 Å². The van der Waals surface area contributed by atoms with Gasteiger partial charge in [-0.15, -0.1) is 0 Å². The van der Waals surface area contributed by atoms with Gasteiger partial charge in [0.05, 0.1) is 39.9 Å². The summed E-state index contributed by atoms with van der Waals surface area (Å²) in [5.74, 6) is -0.186. The largest absolute Gasteiger partial charge is 0.472 e. The van der Waals surface area contributed by atoms with E-state index >= 15 is 0 Å². The van der Waals surface area contributed by atoms with Crippen LogP contribution in [0.1, 0.15) is 206 Å². The van der Waals surface area contributed by atoms with Crippen LogP contribution >= 0.6 is 7.82 Å². The highest BCUT2D eigenvalue weighted by Crippen LogP contribution is 2.43. The Morgan fingerprint density at radius 3 is 1.38 bits per heavy atom. The molecule has 3 N–H and O–H groups in total. The maximum atomic E-state index is 12.9. The minimum atomic E-state index is -4.35. The van der Waals surface area contributed by atoms with E-state index in [2.05, 4.69) is 92.1 Å². The number of rotatable bonds is 46. The molecule has 0 spiro atoms. The molecule has 370 valence electrons. The van der Waals surface area contributed by atoms with E-state index in [1.165, 1.54) is 103 Å². The lowest BCUT2D eigenvalue weighted by molar-refractivity contribution is -0.870. The fraction of sp³-hybridized carbons (Fsp3) is 0.727. The average molecular weight is 916 g/mol. The zero-order valence-corrected chi connectivity index (χ0v) is 42.9. The fourth-order valence-corrected chi connectivity index (χ4v) is 7.78. The molecule has 0 saturated heterocycles. The third-order valence-corrected chi connectivity index (χ3v) is 12.1. The van der Waals surface area contributed by atoms with E-state index < -0.39 is 20.0 Å². The highest BCUT2D eigenvalue weighted by Gasteiger charge is 2.27. The van der Waals surface area contributed by atoms with Crippen LogP contribution in [0.25, 0.3) is 0 Å². The first-order valence-electron chi connectivity index (χ1n) is 26.0. The predicted molar refractivity (Wildman–Crippen MR) is 276 cm³/mol. The summed E-state index contributed by atoms with van der Waals surface area (Å²) in [5, 5.41) is 13.9. The lowest BCUT2D eigenvalue weighted by Crippen LogP contribution is -2.45. The molecule has 0 aromatic rings. The van der Waals surface area contributed by atoms with Gasteiger partial charge >= 0.3 is 7.82 Å². The van der Waals surface area contributed by atoms with Crippen LogP contribution in [-0.4, -0.2) is 73.4 Å². The SMILES string of the molecule is CC/C=C\C/C=C\C/C=C\C/C=C\C/C=C\C/C=C\CCCCCCCCCCCCC(=O)NC(COP(=O)(O)OCC[N+](C)(C)C)C(O)/C=C/CCCCCCCCCCCCC. The van der Waals surface area contributed by atoms with Crippen molar-refractivity contribution in [1.82, 2.24) is 5.32 Å². The Bertz CT molecular complexity index is 1310. The summed E-state index contributed by atoms with van der Waals surface area (Å²) in [6.07, 6.45) is 63.8. The number of nitrogens with one attached hydrogen (secondary N) is 1. The van der Waals surface area contributed by atoms with Gasteiger partial charge in [-0.05, 0) is 70.6 Å². The molecule has 0 aromatic heterocycles. The van der Waals surface area contributed by atoms with Crippen molar-refractivity contribution >= 4 is 13.7 Å². The summed E-state index contributed by atoms with van der Waals surface area (Å²) in [7, 11) is 1.56. The van der Waals surface area contributed by atoms with Gasteiger partial charge in [-0.25, -0.2) is 4.57 Å². The predicted octanol–water partition coefficient (Wildman–Crippen LogP) is 15.3. The number of phosphoric ester groups is 1. The van der Waals surface area contributed by atoms with Crippen molar-refractivity contribution in [3.8, 4) is 0 Å². The Balaban J connectivity index is 4.22. The normalized spacial score (nSPS) is 14.8. The summed E-state index contributed by atoms with van der Waals surface area (Å²) >= 11 is 0. The zero-order valence-electron chi connectivity index (χ0n) is 42.0. The summed E-state index contributed by atoms with van der Waals surface area (Å²) in [6.45, 7) is 4.68. The molecule has 0 aromatic carbocycles. The fourth-order valence-electron chi connectivity index (χ4n) is 7.04. The monoisotopic (exact) mass is 916 g/mol. The van der Waals surface area contributed by atoms with E-state index in [0.717, 1.165) is 83.5 Å². The van der Waals surface area contributed by atoms with Gasteiger partial charge < -0.3 is 19.8 Å². The van der Waals surface area contributed by atoms with Crippen LogP contribution < -0.4 is 5.32 Å². The van der Waals surface area contributed by atoms with Gasteiger partial charge in [0.15, 0.2) is 0 Å². The van der Waals surface area contributed by atoms with Gasteiger partial charge in [0.2, 0.25) is 5.91 Å². The number of carbonyl (C=O) groups excluding carboxylic acids is 1. The smallest absolute Gasteiger partial charge is 0.387 e. The van der Waals surface area contributed by atoms with Crippen molar-refractivity contribution in [2.24, 2.45) is 0 Å². The molecule has 0 rings (SSSR count). The first-order valence-corrected chi connectivity index (χ1v) is 27.5. The van der Waals surface area contributed by atoms with E-state index in [-0.39, 0.29) is 19.1 Å². The number of aliphatic hydroxyl groups excluding tert-OH is 1. The standard InChI is InChI=1S/C55H99N2O6P/c1-6-8-10-12-14-16-18-20-21-22-23-24-25-26-27-28-29-30-31-32-33-34-35-37-39-41-43-45-47-49-55(59)56-53(52-63-64(60,61)62-51-50-57(3,4)5)54(58)48-46-44-42-40-38-36-19-17-15-13-11-9-7-2/h8,10,14,16,20-21,23-24,26-27,29-30,46,48,53-54,58H,6-7,9,11-13,15,17-19,22,25,28,31-45,47,49-52H2,1-5H3,(H-,56,59,60,61)/p+1/b10-8-,16-14-,21-20-,24-23-,27-26-,30-29-,48-46+. The van der Waals surface area contributed by atoms with Crippen LogP contribution in [0.5, 0.6) is 0 Å². The van der Waals surface area contributed by atoms with Crippen LogP contribution in [0.2, 0.25) is 0 Å². The molecule has 1 amide bonds. The summed E-state index contributed by atoms with van der Waals surface area (Å²) in [4.78, 5) is 23.2. The molecule has 3 atom stereocenters. The van der Waals surface area contributed by atoms with Crippen LogP contribution in [0.15, 0.2) is 85.1 Å². The number of phosphoric acid groups is 1. The molecule has 0 bridgehead atoms. The van der Waals surface area contributed by atoms with Crippen molar-refractivity contribution in [3.05, 3.63) is 85.1 Å². The third-order valence-electron chi connectivity index (χ3n) is 11.1. The molecule has 64 heavy (non-hydrogen) atoms. The number of likely N-dealkylation sites (N-methyl/N-ethyl adjacent to an activating group) is 1. The van der Waals surface area contributed by atoms with Gasteiger partial charge in [0, 0.05) is 6.42 Å². The minimum Gasteiger partial charge on any atom is -0.387 e. The Labute approximate surface area is 395 Å². The van der Waals surface area contributed by atoms with Gasteiger partial charge in [-0.1, -0.05) is 214 Å². The van der Waals surface area contributed by atoms with Crippen molar-refractivity contribution in [1.29, 1.82) is 0 Å². The number of allylic oxidation sites excluding steroid dienone is 13. The average Bonchev–Trinajstić information content (AvgIpc) is 3.25. The van der Waals surface area contributed by atoms with Crippen LogP contribution in [0.3, 0.4) is 0 Å². The topological polar surface area (TPSA) is 105 Å². The van der Waals surface area contributed by atoms with Crippen LogP contribution in [0, 0.1) is 0 Å². The first kappa shape index (κ1) is 61.7. The number of amides is 1. The van der Waals surface area contributed by atoms with E-state index in [1.54, 1.807) is 6.08 Å². The molecule has 9 heteroatoms. The number of aliphatic hydroxyl groups is 1. The van der Waals surface area contributed by atoms with Gasteiger partial charge in [-0.3, -0.25) is 13.8 Å². The lowest BCUT2D eigenvalue weighted by Gasteiger charge is -2.25. The molecule has 0 saturated carbocycles. The van der Waals surface area contributed by atoms with Gasteiger partial charge in [0.25, 0.3) is 0 Å². The van der Waals surface area contributed by atoms with Crippen molar-refractivity contribution in [3.63, 3.8) is 0 Å². The maximum absolute atomic E-state index is 12.9. The van der Waals surface area contributed by atoms with Crippen molar-refractivity contribution in [2.45, 2.75) is 219 Å². The number of unbranched alkanes of at least 4 members (excludes halogenated alkanes) is 21. The van der Waals surface area contributed by atoms with E-state index in [0.29, 0.717) is 17.4 Å². The molecule has 0 heterocycles. The number of hydrogen-bond donors (Lipinski definition) is 3. The quantitative estimate of drug-likeness (QED) is 0.0243. The second-order valence-corrected chi connectivity index (χ2v) is 20.0. The summed E-state index contributed by atoms with van der Waals surface area (Å²) in [5.41, 5.74) is 0. The molecule has 0 fully saturated rings. The highest BCUT2D eigenvalue weighted by atomic mass is 31.2. The van der Waals surface area contributed by atoms with Crippen LogP contribution in [-0.2, 0) is 18.4 Å². The zero-order chi connectivity index (χ0) is 47.1. The number of nitrogens with zero attached hydrogens (tertiary/aromatic N) is 1. The number of quaternary nitrogens is 1. The summed E-state index contributed by atoms with van der Waals surface area (Å²) in [6, 6.07) is -0.853. The highest BCUT2D eigenvalue weighted by molar-refractivity contribution is 7.47. The minimum absolute atomic E-state index is 0.0570. The van der Waals surface area contributed by atoms with Gasteiger partial charge in [-0.2, -0.15) is 0 Å². The molecule has 8 nitrogen and oxygen atoms in total. The molecular formula is C55H100N2O6P+. The Kier molecular flexibility index (Phi) is 44.2. The molecule has 3 unspecified atom stereocenters. The van der Waals surface area contributed by atoms with E-state index in [1.807, 2.05) is 27.2 Å². The molecule has 0 aliphatic carbocycles. The first-order chi connectivity index (χ1) is 31.0. The van der Waals surface area contributed by atoms with Crippen molar-refractivity contribution < 1.29 is 32.9 Å². The molecule has 0 radical (unpaired) electrons. The second-order valence-electron chi connectivity index (χ2n) is 18.5. The van der Waals surface area contributed by atoms with Crippen molar-refractivity contribution in [2.75, 3.05) is 40.9 Å². The summed E-state index contributed by atoms with van der Waals surface area (Å²) < 4.78 is 23.6. The van der Waals surface area contributed by atoms with Gasteiger partial charge in [0.1, 0.15) is 13.2 Å². The Hall–Kier alpha value is -2.32. The Morgan fingerprint density at radius 2 is 0.938 bits per heavy atom. The second kappa shape index (κ2) is 45.8. The number of carbonyl (C=O) groups is 1. The lowest BCUT2D eigenvalue weighted by atomic mass is 10.0. The van der Waals surface area contributed by atoms with E-state index in [4.69, 9.17) is 9.05 Å². The molecular weight excluding hydrogens is 816 g/mol. The van der Waals surface area contributed by atoms with Crippen LogP contribution in [0.4, 0.5) is 0 Å². The Morgan fingerprint density at radius 1 is 0.547 bits per heavy atom. The third kappa shape index (κ3) is 47.6. The number of hydrogen-bond acceptors (Lipinski definition) is 5.